The quantitative estimate of drug-likeness (QED) is 0.776. The van der Waals surface area contributed by atoms with Crippen LogP contribution in [0.3, 0.4) is 0 Å². The molecule has 2 N–H and O–H groups in total. The van der Waals surface area contributed by atoms with Crippen molar-refractivity contribution in [3.8, 4) is 6.07 Å². The fourth-order valence-corrected chi connectivity index (χ4v) is 3.99. The van der Waals surface area contributed by atoms with Gasteiger partial charge >= 0.3 is 0 Å². The summed E-state index contributed by atoms with van der Waals surface area (Å²) in [6, 6.07) is 25.1. The van der Waals surface area contributed by atoms with E-state index in [2.05, 4.69) is 35.2 Å². The molecule has 0 aromatic heterocycles. The number of fused-ring (bicyclic) bond motifs is 1. The van der Waals surface area contributed by atoms with Crippen molar-refractivity contribution in [1.29, 1.82) is 5.26 Å². The molecule has 1 saturated heterocycles. The minimum Gasteiger partial charge on any atom is -0.366 e. The SMILES string of the molecule is N#Cc1ccc(N2CCC[C@@H]2C(N)c2ccccc2)c2ccccc12. The lowest BCUT2D eigenvalue weighted by atomic mass is 9.97. The molecule has 0 bridgehead atoms. The summed E-state index contributed by atoms with van der Waals surface area (Å²) in [5.74, 6) is 0. The zero-order chi connectivity index (χ0) is 17.2. The Labute approximate surface area is 148 Å². The normalized spacial score (nSPS) is 18.2. The number of hydrogen-bond acceptors (Lipinski definition) is 3. The highest BCUT2D eigenvalue weighted by molar-refractivity contribution is 5.98. The molecule has 0 radical (unpaired) electrons. The summed E-state index contributed by atoms with van der Waals surface area (Å²) in [6.45, 7) is 1.00. The minimum atomic E-state index is -0.0156. The summed E-state index contributed by atoms with van der Waals surface area (Å²) in [5, 5.41) is 11.5. The molecule has 3 aromatic rings. The number of benzene rings is 3. The van der Waals surface area contributed by atoms with Crippen LogP contribution in [0.2, 0.25) is 0 Å². The molecule has 1 heterocycles. The van der Waals surface area contributed by atoms with Crippen LogP contribution in [-0.2, 0) is 0 Å². The predicted octanol–water partition coefficient (Wildman–Crippen LogP) is 4.38. The van der Waals surface area contributed by atoms with Crippen LogP contribution in [-0.4, -0.2) is 12.6 Å². The zero-order valence-electron chi connectivity index (χ0n) is 14.1. The van der Waals surface area contributed by atoms with Crippen LogP contribution in [0.25, 0.3) is 10.8 Å². The van der Waals surface area contributed by atoms with Crippen molar-refractivity contribution in [3.05, 3.63) is 77.9 Å². The third kappa shape index (κ3) is 2.75. The van der Waals surface area contributed by atoms with Crippen LogP contribution >= 0.6 is 0 Å². The highest BCUT2D eigenvalue weighted by Gasteiger charge is 2.31. The van der Waals surface area contributed by atoms with E-state index < -0.39 is 0 Å². The molecule has 4 rings (SSSR count). The van der Waals surface area contributed by atoms with Crippen LogP contribution in [0, 0.1) is 11.3 Å². The van der Waals surface area contributed by atoms with Crippen LogP contribution in [0.5, 0.6) is 0 Å². The van der Waals surface area contributed by atoms with Crippen LogP contribution < -0.4 is 10.6 Å². The van der Waals surface area contributed by atoms with Crippen LogP contribution in [0.4, 0.5) is 5.69 Å². The van der Waals surface area contributed by atoms with E-state index in [9.17, 15) is 5.26 Å². The second-order valence-electron chi connectivity index (χ2n) is 6.63. The van der Waals surface area contributed by atoms with Crippen molar-refractivity contribution in [1.82, 2.24) is 0 Å². The number of rotatable bonds is 3. The van der Waals surface area contributed by atoms with Crippen molar-refractivity contribution >= 4 is 16.5 Å². The van der Waals surface area contributed by atoms with Crippen molar-refractivity contribution in [2.24, 2.45) is 5.73 Å². The van der Waals surface area contributed by atoms with Crippen molar-refractivity contribution in [3.63, 3.8) is 0 Å². The third-order valence-corrected chi connectivity index (χ3v) is 5.23. The average molecular weight is 327 g/mol. The maximum atomic E-state index is 9.40. The lowest BCUT2D eigenvalue weighted by Gasteiger charge is -2.32. The first-order valence-electron chi connectivity index (χ1n) is 8.78. The Morgan fingerprint density at radius 2 is 1.68 bits per heavy atom. The largest absolute Gasteiger partial charge is 0.366 e. The van der Waals surface area contributed by atoms with Crippen molar-refractivity contribution in [2.75, 3.05) is 11.4 Å². The van der Waals surface area contributed by atoms with Gasteiger partial charge in [-0.15, -0.1) is 0 Å². The molecular formula is C22H21N3. The highest BCUT2D eigenvalue weighted by atomic mass is 15.2. The maximum Gasteiger partial charge on any atom is 0.0998 e. The van der Waals surface area contributed by atoms with Gasteiger partial charge in [-0.2, -0.15) is 5.26 Å². The van der Waals surface area contributed by atoms with Crippen molar-refractivity contribution < 1.29 is 0 Å². The third-order valence-electron chi connectivity index (χ3n) is 5.23. The van der Waals surface area contributed by atoms with E-state index in [-0.39, 0.29) is 12.1 Å². The van der Waals surface area contributed by atoms with Gasteiger partial charge in [-0.25, -0.2) is 0 Å². The van der Waals surface area contributed by atoms with E-state index >= 15 is 0 Å². The lowest BCUT2D eigenvalue weighted by molar-refractivity contribution is 0.545. The van der Waals surface area contributed by atoms with Crippen molar-refractivity contribution in [2.45, 2.75) is 24.9 Å². The standard InChI is InChI=1S/C22H21N3/c23-15-17-12-13-20(19-10-5-4-9-18(17)19)25-14-6-11-21(25)22(24)16-7-2-1-3-8-16/h1-5,7-10,12-13,21-22H,6,11,14,24H2/t21-,22?/m1/s1. The van der Waals surface area contributed by atoms with Gasteiger partial charge < -0.3 is 10.6 Å². The molecule has 0 amide bonds. The summed E-state index contributed by atoms with van der Waals surface area (Å²) < 4.78 is 0. The van der Waals surface area contributed by atoms with Gasteiger partial charge in [0.05, 0.1) is 17.7 Å². The first kappa shape index (κ1) is 15.7. The van der Waals surface area contributed by atoms with Gasteiger partial charge in [0.2, 0.25) is 0 Å². The Hall–Kier alpha value is -2.83. The Kier molecular flexibility index (Phi) is 4.13. The maximum absolute atomic E-state index is 9.40. The van der Waals surface area contributed by atoms with E-state index in [0.717, 1.165) is 35.7 Å². The molecule has 3 aromatic carbocycles. The molecule has 0 saturated carbocycles. The molecule has 1 aliphatic rings. The summed E-state index contributed by atoms with van der Waals surface area (Å²) in [6.07, 6.45) is 2.23. The minimum absolute atomic E-state index is 0.0156. The summed E-state index contributed by atoms with van der Waals surface area (Å²) in [7, 11) is 0. The second-order valence-corrected chi connectivity index (χ2v) is 6.63. The Morgan fingerprint density at radius 1 is 0.960 bits per heavy atom. The average Bonchev–Trinajstić information content (AvgIpc) is 3.16. The number of hydrogen-bond donors (Lipinski definition) is 1. The van der Waals surface area contributed by atoms with E-state index in [1.807, 2.05) is 42.5 Å². The number of nitrogens with two attached hydrogens (primary N) is 1. The molecule has 1 fully saturated rings. The molecule has 3 heteroatoms. The van der Waals surface area contributed by atoms with Gasteiger partial charge in [0.15, 0.2) is 0 Å². The smallest absolute Gasteiger partial charge is 0.0998 e. The molecule has 2 atom stereocenters. The van der Waals surface area contributed by atoms with E-state index in [0.29, 0.717) is 0 Å². The molecular weight excluding hydrogens is 306 g/mol. The summed E-state index contributed by atoms with van der Waals surface area (Å²) in [4.78, 5) is 2.43. The van der Waals surface area contributed by atoms with Crippen LogP contribution in [0.15, 0.2) is 66.7 Å². The monoisotopic (exact) mass is 327 g/mol. The summed E-state index contributed by atoms with van der Waals surface area (Å²) >= 11 is 0. The fourth-order valence-electron chi connectivity index (χ4n) is 3.99. The number of anilines is 1. The van der Waals surface area contributed by atoms with Gasteiger partial charge in [-0.05, 0) is 30.5 Å². The molecule has 124 valence electrons. The van der Waals surface area contributed by atoms with E-state index in [1.165, 1.54) is 11.3 Å². The first-order chi connectivity index (χ1) is 12.3. The van der Waals surface area contributed by atoms with Gasteiger partial charge in [0, 0.05) is 29.0 Å². The molecule has 1 unspecified atom stereocenters. The first-order valence-corrected chi connectivity index (χ1v) is 8.78. The molecule has 25 heavy (non-hydrogen) atoms. The molecule has 0 spiro atoms. The number of nitrogens with zero attached hydrogens (tertiary/aromatic N) is 2. The van der Waals surface area contributed by atoms with Gasteiger partial charge in [0.1, 0.15) is 0 Å². The molecule has 1 aliphatic heterocycles. The number of nitriles is 1. The van der Waals surface area contributed by atoms with E-state index in [4.69, 9.17) is 5.73 Å². The fraction of sp³-hybridized carbons (Fsp3) is 0.227. The van der Waals surface area contributed by atoms with Crippen LogP contribution in [0.1, 0.15) is 30.0 Å². The lowest BCUT2D eigenvalue weighted by Crippen LogP contribution is -2.38. The Bertz CT molecular complexity index is 927. The van der Waals surface area contributed by atoms with Gasteiger partial charge in [0.25, 0.3) is 0 Å². The van der Waals surface area contributed by atoms with E-state index in [1.54, 1.807) is 0 Å². The van der Waals surface area contributed by atoms with Gasteiger partial charge in [-0.3, -0.25) is 0 Å². The van der Waals surface area contributed by atoms with Gasteiger partial charge in [-0.1, -0.05) is 54.6 Å². The second kappa shape index (κ2) is 6.58. The molecule has 3 nitrogen and oxygen atoms in total. The highest BCUT2D eigenvalue weighted by Crippen LogP contribution is 2.37. The molecule has 0 aliphatic carbocycles. The summed E-state index contributed by atoms with van der Waals surface area (Å²) in [5.41, 5.74) is 9.72. The zero-order valence-corrected chi connectivity index (χ0v) is 14.1. The Balaban J connectivity index is 1.77. The topological polar surface area (TPSA) is 53.0 Å². The Morgan fingerprint density at radius 3 is 2.44 bits per heavy atom. The predicted molar refractivity (Wildman–Crippen MR) is 102 cm³/mol.